The van der Waals surface area contributed by atoms with E-state index in [2.05, 4.69) is 20.4 Å². The van der Waals surface area contributed by atoms with Gasteiger partial charge < -0.3 is 16.0 Å². The maximum absolute atomic E-state index is 15.1. The number of nitrogens with two attached hydrogens (primary N) is 1. The highest BCUT2D eigenvalue weighted by Crippen LogP contribution is 2.39. The normalized spacial score (nSPS) is 17.4. The molecule has 2 atom stereocenters. The van der Waals surface area contributed by atoms with E-state index in [0.29, 0.717) is 6.07 Å². The fourth-order valence-electron chi connectivity index (χ4n) is 4.57. The number of rotatable bonds is 4. The van der Waals surface area contributed by atoms with Crippen LogP contribution in [0.1, 0.15) is 32.0 Å². The van der Waals surface area contributed by atoms with Gasteiger partial charge in [0, 0.05) is 17.7 Å². The maximum atomic E-state index is 15.1. The van der Waals surface area contributed by atoms with Crippen molar-refractivity contribution >= 4 is 23.1 Å². The number of aromatic nitrogens is 4. The van der Waals surface area contributed by atoms with Crippen LogP contribution in [0, 0.1) is 18.6 Å². The molecule has 4 heterocycles. The van der Waals surface area contributed by atoms with Crippen molar-refractivity contribution in [3.63, 3.8) is 0 Å². The lowest BCUT2D eigenvalue weighted by Crippen LogP contribution is -2.42. The number of benzene rings is 1. The van der Waals surface area contributed by atoms with Crippen molar-refractivity contribution in [2.75, 3.05) is 18.8 Å². The molecule has 3 aromatic heterocycles. The Bertz CT molecular complexity index is 1640. The Hall–Kier alpha value is -4.69. The van der Waals surface area contributed by atoms with Crippen molar-refractivity contribution in [3.05, 3.63) is 76.9 Å². The fourth-order valence-corrected chi connectivity index (χ4v) is 4.57. The summed E-state index contributed by atoms with van der Waals surface area (Å²) in [5, 5.41) is 6.25. The number of nitrogen functional groups attached to an aromatic ring is 1. The van der Waals surface area contributed by atoms with Crippen LogP contribution < -0.4 is 11.1 Å². The molecular formula is C25H19F6N7O2. The number of aryl methyl sites for hydroxylation is 1. The number of likely N-dealkylation sites (tertiary alicyclic amines) is 1. The number of amides is 2. The van der Waals surface area contributed by atoms with Crippen LogP contribution in [0.3, 0.4) is 0 Å². The Kier molecular flexibility index (Phi) is 6.59. The second kappa shape index (κ2) is 9.81. The lowest BCUT2D eigenvalue weighted by Gasteiger charge is -2.17. The topological polar surface area (TPSA) is 119 Å². The van der Waals surface area contributed by atoms with Gasteiger partial charge >= 0.3 is 6.18 Å². The van der Waals surface area contributed by atoms with Crippen LogP contribution in [-0.4, -0.2) is 61.6 Å². The largest absolute Gasteiger partial charge is 0.418 e. The zero-order valence-electron chi connectivity index (χ0n) is 20.5. The molecule has 40 heavy (non-hydrogen) atoms. The molecule has 208 valence electrons. The summed E-state index contributed by atoms with van der Waals surface area (Å²) in [5.74, 6) is -3.58. The van der Waals surface area contributed by atoms with Gasteiger partial charge in [0.05, 0.1) is 30.0 Å². The van der Waals surface area contributed by atoms with Gasteiger partial charge in [-0.05, 0) is 42.8 Å². The number of carbonyl (C=O) groups is 2. The lowest BCUT2D eigenvalue weighted by molar-refractivity contribution is -0.136. The third-order valence-corrected chi connectivity index (χ3v) is 6.52. The smallest absolute Gasteiger partial charge is 0.382 e. The first-order valence-electron chi connectivity index (χ1n) is 11.7. The molecule has 0 spiro atoms. The van der Waals surface area contributed by atoms with Crippen LogP contribution in [0.4, 0.5) is 32.2 Å². The van der Waals surface area contributed by atoms with Crippen molar-refractivity contribution in [2.24, 2.45) is 0 Å². The number of halogens is 6. The standard InChI is InChI=1S/C25H19F6N7O2/c1-11-4-16(27)14(20-6-15(25(29,30)31)21-22(32)34-10-35-38(20)21)5-13(11)23(39)36-19-9-37(8-17(19)28)24(40)18-3-2-12(26)7-33-18/h2-7,10,17,19H,8-9H2,1H3,(H,36,39)(H2,32,34,35)/t17-,19+/m0/s1. The van der Waals surface area contributed by atoms with Gasteiger partial charge in [-0.15, -0.1) is 0 Å². The van der Waals surface area contributed by atoms with Crippen LogP contribution >= 0.6 is 0 Å². The van der Waals surface area contributed by atoms with Gasteiger partial charge in [-0.25, -0.2) is 27.7 Å². The first-order chi connectivity index (χ1) is 18.8. The summed E-state index contributed by atoms with van der Waals surface area (Å²) in [7, 11) is 0. The number of alkyl halides is 4. The van der Waals surface area contributed by atoms with Crippen molar-refractivity contribution < 1.29 is 35.9 Å². The molecule has 0 radical (unpaired) electrons. The molecule has 0 bridgehead atoms. The number of nitrogens with one attached hydrogen (secondary N) is 1. The van der Waals surface area contributed by atoms with Crippen molar-refractivity contribution in [2.45, 2.75) is 25.3 Å². The highest BCUT2D eigenvalue weighted by Gasteiger charge is 2.39. The number of carbonyl (C=O) groups excluding carboxylic acids is 2. The summed E-state index contributed by atoms with van der Waals surface area (Å²) in [6.07, 6.45) is -4.79. The Balaban J connectivity index is 1.44. The first kappa shape index (κ1) is 26.9. The Morgan fingerprint density at radius 2 is 1.85 bits per heavy atom. The molecule has 1 aliphatic rings. The summed E-state index contributed by atoms with van der Waals surface area (Å²) in [4.78, 5) is 34.1. The highest BCUT2D eigenvalue weighted by atomic mass is 19.4. The van der Waals surface area contributed by atoms with E-state index in [0.717, 1.165) is 46.2 Å². The molecule has 5 rings (SSSR count). The van der Waals surface area contributed by atoms with Crippen LogP contribution in [0.15, 0.2) is 42.9 Å². The third-order valence-electron chi connectivity index (χ3n) is 6.52. The van der Waals surface area contributed by atoms with Crippen LogP contribution in [0.2, 0.25) is 0 Å². The van der Waals surface area contributed by atoms with E-state index in [1.165, 1.54) is 6.92 Å². The number of anilines is 1. The molecule has 1 saturated heterocycles. The Morgan fingerprint density at radius 1 is 1.10 bits per heavy atom. The summed E-state index contributed by atoms with van der Waals surface area (Å²) in [6.45, 7) is 0.803. The van der Waals surface area contributed by atoms with Crippen LogP contribution in [-0.2, 0) is 6.18 Å². The Labute approximate surface area is 221 Å². The Morgan fingerprint density at radius 3 is 2.52 bits per heavy atom. The molecule has 0 aliphatic carbocycles. The minimum absolute atomic E-state index is 0.110. The van der Waals surface area contributed by atoms with Gasteiger partial charge in [-0.1, -0.05) is 0 Å². The van der Waals surface area contributed by atoms with Crippen molar-refractivity contribution in [1.29, 1.82) is 0 Å². The summed E-state index contributed by atoms with van der Waals surface area (Å²) in [5.41, 5.74) is 3.03. The van der Waals surface area contributed by atoms with Gasteiger partial charge in [-0.3, -0.25) is 9.59 Å². The number of fused-ring (bicyclic) bond motifs is 1. The fraction of sp³-hybridized carbons (Fsp3) is 0.240. The molecule has 2 amide bonds. The maximum Gasteiger partial charge on any atom is 0.418 e. The van der Waals surface area contributed by atoms with Crippen LogP contribution in [0.5, 0.6) is 0 Å². The summed E-state index contributed by atoms with van der Waals surface area (Å²) in [6, 6.07) is 3.67. The molecular weight excluding hydrogens is 544 g/mol. The predicted molar refractivity (Wildman–Crippen MR) is 129 cm³/mol. The zero-order valence-corrected chi connectivity index (χ0v) is 20.5. The van der Waals surface area contributed by atoms with Crippen molar-refractivity contribution in [1.82, 2.24) is 29.8 Å². The minimum Gasteiger partial charge on any atom is -0.382 e. The summed E-state index contributed by atoms with van der Waals surface area (Å²) < 4.78 is 84.9. The average Bonchev–Trinajstić information content (AvgIpc) is 3.46. The first-order valence-corrected chi connectivity index (χ1v) is 11.7. The number of hydrogen-bond acceptors (Lipinski definition) is 6. The minimum atomic E-state index is -4.87. The lowest BCUT2D eigenvalue weighted by atomic mass is 10.0. The van der Waals surface area contributed by atoms with E-state index in [9.17, 15) is 31.5 Å². The van der Waals surface area contributed by atoms with E-state index in [-0.39, 0.29) is 41.2 Å². The summed E-state index contributed by atoms with van der Waals surface area (Å²) >= 11 is 0. The molecule has 0 unspecified atom stereocenters. The number of hydrogen-bond donors (Lipinski definition) is 2. The molecule has 9 nitrogen and oxygen atoms in total. The second-order valence-corrected chi connectivity index (χ2v) is 9.16. The SMILES string of the molecule is Cc1cc(F)c(-c2cc(C(F)(F)F)c3c(N)ncnn23)cc1C(=O)N[C@@H]1CN(C(=O)c2ccc(F)cn2)C[C@@H]1F. The van der Waals surface area contributed by atoms with E-state index >= 15 is 4.39 Å². The second-order valence-electron chi connectivity index (χ2n) is 9.16. The van der Waals surface area contributed by atoms with Crippen LogP contribution in [0.25, 0.3) is 16.8 Å². The third kappa shape index (κ3) is 4.78. The highest BCUT2D eigenvalue weighted by molar-refractivity contribution is 5.97. The molecule has 1 fully saturated rings. The molecule has 3 N–H and O–H groups in total. The molecule has 0 saturated carbocycles. The zero-order chi connectivity index (χ0) is 28.9. The molecule has 4 aromatic rings. The van der Waals surface area contributed by atoms with Gasteiger partial charge in [-0.2, -0.15) is 18.3 Å². The number of pyridine rings is 1. The quantitative estimate of drug-likeness (QED) is 0.367. The van der Waals surface area contributed by atoms with E-state index in [4.69, 9.17) is 5.73 Å². The van der Waals surface area contributed by atoms with E-state index in [1.54, 1.807) is 0 Å². The van der Waals surface area contributed by atoms with E-state index in [1.807, 2.05) is 0 Å². The van der Waals surface area contributed by atoms with Gasteiger partial charge in [0.1, 0.15) is 35.3 Å². The van der Waals surface area contributed by atoms with Crippen molar-refractivity contribution in [3.8, 4) is 11.3 Å². The predicted octanol–water partition coefficient (Wildman–Crippen LogP) is 3.57. The van der Waals surface area contributed by atoms with Gasteiger partial charge in [0.2, 0.25) is 0 Å². The molecule has 1 aromatic carbocycles. The van der Waals surface area contributed by atoms with Gasteiger partial charge in [0.15, 0.2) is 5.82 Å². The van der Waals surface area contributed by atoms with Gasteiger partial charge in [0.25, 0.3) is 11.8 Å². The average molecular weight is 563 g/mol. The number of nitrogens with zero attached hydrogens (tertiary/aromatic N) is 5. The van der Waals surface area contributed by atoms with E-state index < -0.39 is 58.7 Å². The molecule has 1 aliphatic heterocycles. The molecule has 15 heteroatoms. The monoisotopic (exact) mass is 563 g/mol.